The molecule has 1 aliphatic rings. The van der Waals surface area contributed by atoms with Crippen molar-refractivity contribution in [2.45, 2.75) is 44.9 Å². The second kappa shape index (κ2) is 6.30. The van der Waals surface area contributed by atoms with Crippen molar-refractivity contribution in [1.82, 2.24) is 24.8 Å². The number of ether oxygens (including phenoxy) is 1. The van der Waals surface area contributed by atoms with Crippen molar-refractivity contribution >= 4 is 28.4 Å². The van der Waals surface area contributed by atoms with E-state index in [1.807, 2.05) is 6.92 Å². The molecule has 0 amide bonds. The van der Waals surface area contributed by atoms with Crippen LogP contribution in [-0.4, -0.2) is 47.7 Å². The van der Waals surface area contributed by atoms with Gasteiger partial charge in [0.25, 0.3) is 5.56 Å². The average Bonchev–Trinajstić information content (AvgIpc) is 3.13. The lowest BCUT2D eigenvalue weighted by Gasteiger charge is -2.13. The Morgan fingerprint density at radius 2 is 2.30 bits per heavy atom. The molecule has 2 unspecified atom stereocenters. The molecule has 23 heavy (non-hydrogen) atoms. The molecule has 1 fully saturated rings. The first-order valence-corrected chi connectivity index (χ1v) is 7.90. The molecular formula is C13H18N6O3S. The maximum Gasteiger partial charge on any atom is 0.298 e. The first-order chi connectivity index (χ1) is 11.1. The first kappa shape index (κ1) is 16.0. The van der Waals surface area contributed by atoms with E-state index >= 15 is 0 Å². The minimum Gasteiger partial charge on any atom is -0.394 e. The van der Waals surface area contributed by atoms with E-state index < -0.39 is 11.8 Å². The van der Waals surface area contributed by atoms with Gasteiger partial charge in [0.05, 0.1) is 18.4 Å². The highest BCUT2D eigenvalue weighted by atomic mass is 32.1. The summed E-state index contributed by atoms with van der Waals surface area (Å²) in [5.41, 5.74) is 6.55. The quantitative estimate of drug-likeness (QED) is 0.729. The topological polar surface area (TPSA) is 121 Å². The fourth-order valence-electron chi connectivity index (χ4n) is 2.75. The zero-order valence-corrected chi connectivity index (χ0v) is 13.5. The van der Waals surface area contributed by atoms with Crippen LogP contribution in [0, 0.1) is 0 Å². The molecule has 124 valence electrons. The minimum atomic E-state index is -0.555. The van der Waals surface area contributed by atoms with Crippen molar-refractivity contribution in [1.29, 1.82) is 0 Å². The molecule has 0 aromatic carbocycles. The molecule has 0 spiro atoms. The van der Waals surface area contributed by atoms with Gasteiger partial charge in [-0.2, -0.15) is 14.5 Å². The highest BCUT2D eigenvalue weighted by molar-refractivity contribution is 7.80. The van der Waals surface area contributed by atoms with Gasteiger partial charge in [-0.15, -0.1) is 5.10 Å². The van der Waals surface area contributed by atoms with Gasteiger partial charge in [0.15, 0.2) is 16.9 Å². The summed E-state index contributed by atoms with van der Waals surface area (Å²) in [6.45, 7) is 1.91. The number of thiocarbonyl (C=S) groups is 1. The molecule has 2 atom stereocenters. The summed E-state index contributed by atoms with van der Waals surface area (Å²) < 4.78 is 8.01. The van der Waals surface area contributed by atoms with Gasteiger partial charge in [-0.25, -0.2) is 0 Å². The molecule has 1 saturated heterocycles. The molecule has 9 nitrogen and oxygen atoms in total. The third-order valence-electron chi connectivity index (χ3n) is 3.84. The van der Waals surface area contributed by atoms with Crippen molar-refractivity contribution in [3.8, 4) is 0 Å². The highest BCUT2D eigenvalue weighted by Gasteiger charge is 2.29. The Labute approximate surface area is 137 Å². The van der Waals surface area contributed by atoms with Crippen LogP contribution >= 0.6 is 12.2 Å². The van der Waals surface area contributed by atoms with Gasteiger partial charge >= 0.3 is 0 Å². The number of hydrogen-bond acceptors (Lipinski definition) is 7. The van der Waals surface area contributed by atoms with Crippen LogP contribution in [0.2, 0.25) is 0 Å². The van der Waals surface area contributed by atoms with E-state index in [9.17, 15) is 4.79 Å². The van der Waals surface area contributed by atoms with Gasteiger partial charge in [-0.1, -0.05) is 18.6 Å². The van der Waals surface area contributed by atoms with E-state index in [-0.39, 0.29) is 23.3 Å². The number of aromatic nitrogens is 5. The standard InChI is InChI=1S/C13H18N6O3S/c1-2-3-8-10-11(19(16-8)13(14)23)12(21)18(17-15-10)9-5-4-7(6-20)22-9/h7,9,20H,2-6H2,1H3,(H2,14,23). The number of hydrogen-bond donors (Lipinski definition) is 2. The van der Waals surface area contributed by atoms with Crippen LogP contribution in [0.5, 0.6) is 0 Å². The first-order valence-electron chi connectivity index (χ1n) is 7.50. The molecule has 10 heteroatoms. The summed E-state index contributed by atoms with van der Waals surface area (Å²) in [7, 11) is 0. The zero-order valence-electron chi connectivity index (χ0n) is 12.7. The molecule has 1 aliphatic heterocycles. The van der Waals surface area contributed by atoms with Gasteiger partial charge in [0.1, 0.15) is 5.52 Å². The summed E-state index contributed by atoms with van der Waals surface area (Å²) in [5, 5.41) is 21.5. The molecule has 2 aromatic heterocycles. The summed E-state index contributed by atoms with van der Waals surface area (Å²) in [5.74, 6) is 0. The van der Waals surface area contributed by atoms with Crippen LogP contribution in [0.4, 0.5) is 0 Å². The van der Waals surface area contributed by atoms with Gasteiger partial charge in [0, 0.05) is 0 Å². The number of fused-ring (bicyclic) bond motifs is 1. The second-order valence-corrected chi connectivity index (χ2v) is 5.87. The normalized spacial score (nSPS) is 21.1. The van der Waals surface area contributed by atoms with E-state index in [0.29, 0.717) is 30.5 Å². The van der Waals surface area contributed by atoms with Crippen molar-refractivity contribution in [3.05, 3.63) is 16.0 Å². The molecule has 0 saturated carbocycles. The van der Waals surface area contributed by atoms with Crippen LogP contribution in [0.3, 0.4) is 0 Å². The van der Waals surface area contributed by atoms with E-state index in [4.69, 9.17) is 27.8 Å². The molecule has 3 heterocycles. The number of aryl methyl sites for hydroxylation is 1. The monoisotopic (exact) mass is 338 g/mol. The molecule has 2 aromatic rings. The Morgan fingerprint density at radius 1 is 1.52 bits per heavy atom. The number of aliphatic hydroxyl groups is 1. The highest BCUT2D eigenvalue weighted by Crippen LogP contribution is 2.26. The summed E-state index contributed by atoms with van der Waals surface area (Å²) in [6.07, 6.45) is 1.88. The average molecular weight is 338 g/mol. The summed E-state index contributed by atoms with van der Waals surface area (Å²) in [6, 6.07) is 0. The third kappa shape index (κ3) is 2.73. The largest absolute Gasteiger partial charge is 0.394 e. The van der Waals surface area contributed by atoms with Crippen LogP contribution in [-0.2, 0) is 11.2 Å². The lowest BCUT2D eigenvalue weighted by Crippen LogP contribution is -2.32. The van der Waals surface area contributed by atoms with Gasteiger partial charge in [-0.3, -0.25) is 4.79 Å². The molecule has 3 N–H and O–H groups in total. The van der Waals surface area contributed by atoms with Crippen molar-refractivity contribution < 1.29 is 9.84 Å². The second-order valence-electron chi connectivity index (χ2n) is 5.46. The maximum atomic E-state index is 12.8. The lowest BCUT2D eigenvalue weighted by molar-refractivity contribution is -0.0315. The molecule has 0 bridgehead atoms. The molecular weight excluding hydrogens is 320 g/mol. The van der Waals surface area contributed by atoms with Crippen LogP contribution < -0.4 is 11.3 Å². The van der Waals surface area contributed by atoms with Gasteiger partial charge in [-0.05, 0) is 31.5 Å². The number of aliphatic hydroxyl groups excluding tert-OH is 1. The summed E-state index contributed by atoms with van der Waals surface area (Å²) in [4.78, 5) is 12.8. The fourth-order valence-corrected chi connectivity index (χ4v) is 2.88. The molecule has 3 rings (SSSR count). The molecule has 0 radical (unpaired) electrons. The predicted octanol–water partition coefficient (Wildman–Crippen LogP) is -0.298. The Kier molecular flexibility index (Phi) is 4.37. The van der Waals surface area contributed by atoms with Crippen molar-refractivity contribution in [2.75, 3.05) is 6.61 Å². The Morgan fingerprint density at radius 3 is 2.91 bits per heavy atom. The van der Waals surface area contributed by atoms with Crippen LogP contribution in [0.15, 0.2) is 4.79 Å². The number of nitrogens with zero attached hydrogens (tertiary/aromatic N) is 5. The predicted molar refractivity (Wildman–Crippen MR) is 86.0 cm³/mol. The smallest absolute Gasteiger partial charge is 0.298 e. The fraction of sp³-hybridized carbons (Fsp3) is 0.615. The Balaban J connectivity index is 2.13. The minimum absolute atomic E-state index is 0.0189. The zero-order chi connectivity index (χ0) is 16.6. The van der Waals surface area contributed by atoms with E-state index in [1.165, 1.54) is 9.36 Å². The number of rotatable bonds is 4. The van der Waals surface area contributed by atoms with Crippen molar-refractivity contribution in [2.24, 2.45) is 5.73 Å². The van der Waals surface area contributed by atoms with Crippen molar-refractivity contribution in [3.63, 3.8) is 0 Å². The maximum absolute atomic E-state index is 12.8. The Hall–Kier alpha value is -1.91. The van der Waals surface area contributed by atoms with Gasteiger partial charge in [0.2, 0.25) is 0 Å². The number of nitrogens with two attached hydrogens (primary N) is 1. The third-order valence-corrected chi connectivity index (χ3v) is 4.01. The van der Waals surface area contributed by atoms with Crippen LogP contribution in [0.25, 0.3) is 11.0 Å². The summed E-state index contributed by atoms with van der Waals surface area (Å²) >= 11 is 4.98. The Bertz CT molecular complexity index is 801. The van der Waals surface area contributed by atoms with E-state index in [2.05, 4.69) is 15.4 Å². The van der Waals surface area contributed by atoms with E-state index in [0.717, 1.165) is 6.42 Å². The van der Waals surface area contributed by atoms with Crippen LogP contribution in [0.1, 0.15) is 38.1 Å². The van der Waals surface area contributed by atoms with Gasteiger partial charge < -0.3 is 15.6 Å². The molecule has 0 aliphatic carbocycles. The van der Waals surface area contributed by atoms with E-state index in [1.54, 1.807) is 0 Å². The SMILES string of the molecule is CCCc1nn(C(N)=S)c2c(=O)n(C3CCC(CO)O3)nnc12. The lowest BCUT2D eigenvalue weighted by atomic mass is 10.2.